The van der Waals surface area contributed by atoms with E-state index in [9.17, 15) is 0 Å². The Kier molecular flexibility index (Phi) is 3.67. The van der Waals surface area contributed by atoms with Crippen molar-refractivity contribution in [3.63, 3.8) is 0 Å². The fourth-order valence-corrected chi connectivity index (χ4v) is 2.97. The molecule has 1 aliphatic heterocycles. The lowest BCUT2D eigenvalue weighted by Gasteiger charge is -2.24. The molecule has 18 heavy (non-hydrogen) atoms. The van der Waals surface area contributed by atoms with Gasteiger partial charge in [0.1, 0.15) is 0 Å². The first-order valence-corrected chi connectivity index (χ1v) is 6.38. The predicted molar refractivity (Wildman–Crippen MR) is 70.3 cm³/mol. The summed E-state index contributed by atoms with van der Waals surface area (Å²) in [6, 6.07) is 0.737. The van der Waals surface area contributed by atoms with Gasteiger partial charge in [-0.1, -0.05) is 5.16 Å². The van der Waals surface area contributed by atoms with E-state index in [0.717, 1.165) is 18.5 Å². The highest BCUT2D eigenvalue weighted by molar-refractivity contribution is 5.85. The molecule has 6 heteroatoms. The molecule has 0 radical (unpaired) electrons. The molecule has 0 amide bonds. The Balaban J connectivity index is 0.00000120. The van der Waals surface area contributed by atoms with Crippen molar-refractivity contribution in [3.05, 3.63) is 11.7 Å². The third kappa shape index (κ3) is 2.53. The summed E-state index contributed by atoms with van der Waals surface area (Å²) in [4.78, 5) is 6.85. The number of halogens is 1. The number of hydrogen-bond donors (Lipinski definition) is 1. The molecule has 1 aromatic heterocycles. The van der Waals surface area contributed by atoms with Gasteiger partial charge < -0.3 is 10.3 Å². The zero-order valence-electron chi connectivity index (χ0n) is 10.9. The summed E-state index contributed by atoms with van der Waals surface area (Å²) in [7, 11) is 0. The van der Waals surface area contributed by atoms with E-state index in [1.165, 1.54) is 25.8 Å². The molecule has 5 nitrogen and oxygen atoms in total. The van der Waals surface area contributed by atoms with Crippen LogP contribution in [0.5, 0.6) is 0 Å². The number of likely N-dealkylation sites (tertiary alicyclic amines) is 1. The monoisotopic (exact) mass is 272 g/mol. The molecule has 102 valence electrons. The molecule has 1 saturated heterocycles. The van der Waals surface area contributed by atoms with E-state index in [1.54, 1.807) is 0 Å². The standard InChI is InChI=1S/C12H20N4O.ClH/c1-12(2,13)11-14-10(17-15-11)7-16-6-8-3-4-9(16)5-8;/h8-9H,3-7,13H2,1-2H3;1H. The highest BCUT2D eigenvalue weighted by Gasteiger charge is 2.38. The molecule has 0 spiro atoms. The summed E-state index contributed by atoms with van der Waals surface area (Å²) in [5.41, 5.74) is 5.42. The molecule has 2 heterocycles. The van der Waals surface area contributed by atoms with Crippen LogP contribution in [0.25, 0.3) is 0 Å². The van der Waals surface area contributed by atoms with Crippen molar-refractivity contribution in [2.24, 2.45) is 11.7 Å². The molecular formula is C12H21ClN4O. The van der Waals surface area contributed by atoms with E-state index in [0.29, 0.717) is 11.7 Å². The highest BCUT2D eigenvalue weighted by atomic mass is 35.5. The lowest BCUT2D eigenvalue weighted by atomic mass is 10.1. The number of nitrogens with zero attached hydrogens (tertiary/aromatic N) is 3. The minimum absolute atomic E-state index is 0. The molecule has 1 aromatic rings. The Hall–Kier alpha value is -0.650. The summed E-state index contributed by atoms with van der Waals surface area (Å²) in [5.74, 6) is 2.19. The predicted octanol–water partition coefficient (Wildman–Crippen LogP) is 1.67. The van der Waals surface area contributed by atoms with Crippen molar-refractivity contribution in [3.8, 4) is 0 Å². The Morgan fingerprint density at radius 1 is 1.44 bits per heavy atom. The fourth-order valence-electron chi connectivity index (χ4n) is 2.97. The topological polar surface area (TPSA) is 68.2 Å². The smallest absolute Gasteiger partial charge is 0.240 e. The first-order chi connectivity index (χ1) is 8.02. The third-order valence-electron chi connectivity index (χ3n) is 3.91. The molecule has 3 rings (SSSR count). The average Bonchev–Trinajstić information content (AvgIpc) is 2.89. The van der Waals surface area contributed by atoms with Gasteiger partial charge in [0, 0.05) is 12.6 Å². The molecule has 2 N–H and O–H groups in total. The van der Waals surface area contributed by atoms with Gasteiger partial charge in [0.15, 0.2) is 5.82 Å². The summed E-state index contributed by atoms with van der Waals surface area (Å²) in [6.07, 6.45) is 4.07. The van der Waals surface area contributed by atoms with E-state index in [-0.39, 0.29) is 12.4 Å². The van der Waals surface area contributed by atoms with E-state index in [2.05, 4.69) is 15.0 Å². The SMILES string of the molecule is CC(C)(N)c1noc(CN2CC3CCC2C3)n1.Cl. The molecule has 2 fully saturated rings. The summed E-state index contributed by atoms with van der Waals surface area (Å²) >= 11 is 0. The van der Waals surface area contributed by atoms with Crippen LogP contribution < -0.4 is 5.73 Å². The Morgan fingerprint density at radius 3 is 2.72 bits per heavy atom. The normalized spacial score (nSPS) is 27.5. The van der Waals surface area contributed by atoms with Crippen molar-refractivity contribution in [2.45, 2.75) is 51.2 Å². The molecule has 1 aliphatic carbocycles. The molecule has 2 aliphatic rings. The van der Waals surface area contributed by atoms with Crippen molar-refractivity contribution in [1.29, 1.82) is 0 Å². The van der Waals surface area contributed by atoms with Crippen LogP contribution in [0.4, 0.5) is 0 Å². The maximum absolute atomic E-state index is 5.94. The van der Waals surface area contributed by atoms with E-state index < -0.39 is 5.54 Å². The first kappa shape index (κ1) is 13.8. The Bertz CT molecular complexity index is 414. The van der Waals surface area contributed by atoms with Crippen LogP contribution in [-0.2, 0) is 12.1 Å². The van der Waals surface area contributed by atoms with Crippen LogP contribution in [-0.4, -0.2) is 27.6 Å². The molecular weight excluding hydrogens is 252 g/mol. The minimum atomic E-state index is -0.522. The van der Waals surface area contributed by atoms with Crippen LogP contribution >= 0.6 is 12.4 Å². The van der Waals surface area contributed by atoms with Crippen molar-refractivity contribution < 1.29 is 4.52 Å². The van der Waals surface area contributed by atoms with Crippen molar-refractivity contribution in [2.75, 3.05) is 6.54 Å². The maximum atomic E-state index is 5.94. The number of rotatable bonds is 3. The van der Waals surface area contributed by atoms with E-state index in [1.807, 2.05) is 13.8 Å². The van der Waals surface area contributed by atoms with Gasteiger partial charge in [0.05, 0.1) is 12.1 Å². The van der Waals surface area contributed by atoms with Crippen LogP contribution in [0.2, 0.25) is 0 Å². The summed E-state index contributed by atoms with van der Waals surface area (Å²) in [5, 5.41) is 3.95. The summed E-state index contributed by atoms with van der Waals surface area (Å²) < 4.78 is 5.28. The Morgan fingerprint density at radius 2 is 2.22 bits per heavy atom. The molecule has 1 saturated carbocycles. The quantitative estimate of drug-likeness (QED) is 0.907. The van der Waals surface area contributed by atoms with Crippen LogP contribution in [0, 0.1) is 5.92 Å². The molecule has 2 bridgehead atoms. The van der Waals surface area contributed by atoms with Gasteiger partial charge in [-0.25, -0.2) is 0 Å². The third-order valence-corrected chi connectivity index (χ3v) is 3.91. The summed E-state index contributed by atoms with van der Waals surface area (Å²) in [6.45, 7) is 5.75. The molecule has 2 atom stereocenters. The van der Waals surface area contributed by atoms with Gasteiger partial charge in [0.25, 0.3) is 0 Å². The van der Waals surface area contributed by atoms with Gasteiger partial charge >= 0.3 is 0 Å². The van der Waals surface area contributed by atoms with Gasteiger partial charge in [-0.2, -0.15) is 4.98 Å². The van der Waals surface area contributed by atoms with Crippen LogP contribution in [0.1, 0.15) is 44.8 Å². The van der Waals surface area contributed by atoms with Crippen molar-refractivity contribution in [1.82, 2.24) is 15.0 Å². The van der Waals surface area contributed by atoms with Crippen LogP contribution in [0.15, 0.2) is 4.52 Å². The lowest BCUT2D eigenvalue weighted by Crippen LogP contribution is -2.32. The second kappa shape index (κ2) is 4.79. The molecule has 2 unspecified atom stereocenters. The maximum Gasteiger partial charge on any atom is 0.240 e. The van der Waals surface area contributed by atoms with E-state index >= 15 is 0 Å². The minimum Gasteiger partial charge on any atom is -0.338 e. The Labute approximate surface area is 114 Å². The van der Waals surface area contributed by atoms with Gasteiger partial charge in [-0.15, -0.1) is 12.4 Å². The van der Waals surface area contributed by atoms with Gasteiger partial charge in [0.2, 0.25) is 5.89 Å². The molecule has 0 aromatic carbocycles. The lowest BCUT2D eigenvalue weighted by molar-refractivity contribution is 0.179. The number of hydrogen-bond acceptors (Lipinski definition) is 5. The number of aromatic nitrogens is 2. The number of piperidine rings is 1. The number of nitrogens with two attached hydrogens (primary N) is 1. The van der Waals surface area contributed by atoms with Crippen LogP contribution in [0.3, 0.4) is 0 Å². The zero-order chi connectivity index (χ0) is 12.0. The number of fused-ring (bicyclic) bond motifs is 2. The van der Waals surface area contributed by atoms with E-state index in [4.69, 9.17) is 10.3 Å². The average molecular weight is 273 g/mol. The highest BCUT2D eigenvalue weighted by Crippen LogP contribution is 2.37. The second-order valence-corrected chi connectivity index (χ2v) is 6.00. The fraction of sp³-hybridized carbons (Fsp3) is 0.833. The zero-order valence-corrected chi connectivity index (χ0v) is 11.7. The van der Waals surface area contributed by atoms with Gasteiger partial charge in [-0.3, -0.25) is 4.90 Å². The second-order valence-electron chi connectivity index (χ2n) is 6.00. The van der Waals surface area contributed by atoms with Crippen molar-refractivity contribution >= 4 is 12.4 Å². The first-order valence-electron chi connectivity index (χ1n) is 6.38. The largest absolute Gasteiger partial charge is 0.338 e. The van der Waals surface area contributed by atoms with Gasteiger partial charge in [-0.05, 0) is 39.0 Å².